The minimum atomic E-state index is -0.491. The van der Waals surface area contributed by atoms with E-state index in [2.05, 4.69) is 10.3 Å². The summed E-state index contributed by atoms with van der Waals surface area (Å²) in [5, 5.41) is 3.77. The number of ether oxygens (including phenoxy) is 1. The van der Waals surface area contributed by atoms with Crippen molar-refractivity contribution in [3.63, 3.8) is 0 Å². The zero-order valence-corrected chi connectivity index (χ0v) is 13.8. The third-order valence-corrected chi connectivity index (χ3v) is 3.12. The number of anilines is 1. The van der Waals surface area contributed by atoms with E-state index in [-0.39, 0.29) is 24.7 Å². The number of pyridine rings is 1. The van der Waals surface area contributed by atoms with Gasteiger partial charge in [-0.1, -0.05) is 6.07 Å². The second kappa shape index (κ2) is 7.22. The second-order valence-corrected chi connectivity index (χ2v) is 6.36. The Bertz CT molecular complexity index is 699. The van der Waals surface area contributed by atoms with Gasteiger partial charge in [-0.15, -0.1) is 0 Å². The van der Waals surface area contributed by atoms with Crippen LogP contribution >= 0.6 is 0 Å². The number of hydrogen-bond donors (Lipinski definition) is 1. The largest absolute Gasteiger partial charge is 0.460 e. The Morgan fingerprint density at radius 1 is 1.13 bits per heavy atom. The van der Waals surface area contributed by atoms with Crippen molar-refractivity contribution in [3.05, 3.63) is 36.5 Å². The van der Waals surface area contributed by atoms with Crippen LogP contribution in [0.15, 0.2) is 36.5 Å². The molecule has 0 aliphatic heterocycles. The van der Waals surface area contributed by atoms with Crippen LogP contribution in [0.25, 0.3) is 10.9 Å². The molecule has 0 aliphatic rings. The van der Waals surface area contributed by atoms with Crippen LogP contribution in [0.2, 0.25) is 0 Å². The first-order chi connectivity index (χ1) is 10.8. The van der Waals surface area contributed by atoms with Gasteiger partial charge < -0.3 is 10.1 Å². The molecule has 0 bridgehead atoms. The van der Waals surface area contributed by atoms with Gasteiger partial charge in [-0.2, -0.15) is 0 Å². The number of rotatable bonds is 5. The molecule has 0 saturated heterocycles. The molecule has 5 heteroatoms. The van der Waals surface area contributed by atoms with Crippen LogP contribution in [0.3, 0.4) is 0 Å². The number of fused-ring (bicyclic) bond motifs is 1. The van der Waals surface area contributed by atoms with Gasteiger partial charge in [0.15, 0.2) is 0 Å². The topological polar surface area (TPSA) is 68.3 Å². The van der Waals surface area contributed by atoms with E-state index in [0.29, 0.717) is 6.42 Å². The fourth-order valence-corrected chi connectivity index (χ4v) is 2.21. The summed E-state index contributed by atoms with van der Waals surface area (Å²) in [7, 11) is 0. The van der Waals surface area contributed by atoms with Crippen molar-refractivity contribution in [1.29, 1.82) is 0 Å². The van der Waals surface area contributed by atoms with Crippen molar-refractivity contribution in [2.24, 2.45) is 0 Å². The van der Waals surface area contributed by atoms with Crippen LogP contribution in [-0.4, -0.2) is 22.5 Å². The van der Waals surface area contributed by atoms with Gasteiger partial charge in [-0.3, -0.25) is 14.6 Å². The number of carbonyl (C=O) groups excluding carboxylic acids is 2. The lowest BCUT2D eigenvalue weighted by atomic mass is 10.1. The van der Waals surface area contributed by atoms with E-state index in [4.69, 9.17) is 4.74 Å². The van der Waals surface area contributed by atoms with Crippen LogP contribution < -0.4 is 5.32 Å². The zero-order chi connectivity index (χ0) is 16.9. The quantitative estimate of drug-likeness (QED) is 0.855. The maximum absolute atomic E-state index is 12.0. The van der Waals surface area contributed by atoms with Gasteiger partial charge in [0.2, 0.25) is 5.91 Å². The lowest BCUT2D eigenvalue weighted by molar-refractivity contribution is -0.154. The van der Waals surface area contributed by atoms with Gasteiger partial charge in [0.25, 0.3) is 0 Å². The molecule has 5 nitrogen and oxygen atoms in total. The number of nitrogens with zero attached hydrogens (tertiary/aromatic N) is 1. The van der Waals surface area contributed by atoms with Crippen molar-refractivity contribution >= 4 is 28.5 Å². The number of amides is 1. The monoisotopic (exact) mass is 314 g/mol. The third-order valence-electron chi connectivity index (χ3n) is 3.12. The van der Waals surface area contributed by atoms with Crippen molar-refractivity contribution < 1.29 is 14.3 Å². The molecule has 0 atom stereocenters. The first-order valence-corrected chi connectivity index (χ1v) is 7.70. The Kier molecular flexibility index (Phi) is 5.32. The predicted molar refractivity (Wildman–Crippen MR) is 90.1 cm³/mol. The van der Waals surface area contributed by atoms with Crippen molar-refractivity contribution in [1.82, 2.24) is 4.98 Å². The molecule has 1 heterocycles. The molecule has 1 N–H and O–H groups in total. The molecule has 1 aromatic heterocycles. The van der Waals surface area contributed by atoms with E-state index < -0.39 is 5.60 Å². The number of esters is 1. The third kappa shape index (κ3) is 5.36. The van der Waals surface area contributed by atoms with E-state index in [1.807, 2.05) is 51.1 Å². The first-order valence-electron chi connectivity index (χ1n) is 7.70. The highest BCUT2D eigenvalue weighted by atomic mass is 16.6. The smallest absolute Gasteiger partial charge is 0.306 e. The molecule has 23 heavy (non-hydrogen) atoms. The second-order valence-electron chi connectivity index (χ2n) is 6.36. The molecule has 0 fully saturated rings. The van der Waals surface area contributed by atoms with Crippen LogP contribution in [0, 0.1) is 0 Å². The standard InChI is InChI=1S/C18H22N2O3/c1-18(2,3)23-17(22)11-5-10-16(21)20-15-9-4-8-14-13(15)7-6-12-19-14/h4,6-9,12H,5,10-11H2,1-3H3,(H,20,21). The minimum absolute atomic E-state index is 0.120. The highest BCUT2D eigenvalue weighted by Gasteiger charge is 2.16. The van der Waals surface area contributed by atoms with E-state index in [1.165, 1.54) is 0 Å². The van der Waals surface area contributed by atoms with Crippen molar-refractivity contribution in [3.8, 4) is 0 Å². The van der Waals surface area contributed by atoms with Gasteiger partial charge in [0.1, 0.15) is 5.60 Å². The van der Waals surface area contributed by atoms with E-state index >= 15 is 0 Å². The minimum Gasteiger partial charge on any atom is -0.460 e. The van der Waals surface area contributed by atoms with Crippen LogP contribution in [0.5, 0.6) is 0 Å². The number of carbonyl (C=O) groups is 2. The molecule has 0 unspecified atom stereocenters. The Hall–Kier alpha value is -2.43. The molecular weight excluding hydrogens is 292 g/mol. The molecule has 0 spiro atoms. The highest BCUT2D eigenvalue weighted by molar-refractivity contribution is 6.00. The van der Waals surface area contributed by atoms with Gasteiger partial charge in [0, 0.05) is 24.4 Å². The van der Waals surface area contributed by atoms with Crippen molar-refractivity contribution in [2.75, 3.05) is 5.32 Å². The summed E-state index contributed by atoms with van der Waals surface area (Å²) in [4.78, 5) is 27.9. The number of benzene rings is 1. The summed E-state index contributed by atoms with van der Waals surface area (Å²) in [6.45, 7) is 5.48. The Labute approximate surface area is 136 Å². The maximum Gasteiger partial charge on any atom is 0.306 e. The van der Waals surface area contributed by atoms with Crippen LogP contribution in [0.1, 0.15) is 40.0 Å². The summed E-state index contributed by atoms with van der Waals surface area (Å²) in [6.07, 6.45) is 2.69. The molecule has 2 rings (SSSR count). The molecular formula is C18H22N2O3. The Morgan fingerprint density at radius 2 is 1.91 bits per heavy atom. The van der Waals surface area contributed by atoms with E-state index in [9.17, 15) is 9.59 Å². The highest BCUT2D eigenvalue weighted by Crippen LogP contribution is 2.21. The first kappa shape index (κ1) is 16.9. The summed E-state index contributed by atoms with van der Waals surface area (Å²) >= 11 is 0. The number of nitrogens with one attached hydrogen (secondary N) is 1. The Morgan fingerprint density at radius 3 is 2.65 bits per heavy atom. The fourth-order valence-electron chi connectivity index (χ4n) is 2.21. The number of hydrogen-bond acceptors (Lipinski definition) is 4. The Balaban J connectivity index is 1.86. The van der Waals surface area contributed by atoms with Crippen LogP contribution in [-0.2, 0) is 14.3 Å². The molecule has 0 saturated carbocycles. The molecule has 122 valence electrons. The van der Waals surface area contributed by atoms with Crippen LogP contribution in [0.4, 0.5) is 5.69 Å². The van der Waals surface area contributed by atoms with Gasteiger partial charge in [0.05, 0.1) is 11.2 Å². The molecule has 0 radical (unpaired) electrons. The summed E-state index contributed by atoms with van der Waals surface area (Å²) in [5.74, 6) is -0.399. The molecule has 1 aromatic carbocycles. The average molecular weight is 314 g/mol. The predicted octanol–water partition coefficient (Wildman–Crippen LogP) is 3.69. The summed E-state index contributed by atoms with van der Waals surface area (Å²) < 4.78 is 5.22. The van der Waals surface area contributed by atoms with Gasteiger partial charge >= 0.3 is 5.97 Å². The van der Waals surface area contributed by atoms with Gasteiger partial charge in [-0.25, -0.2) is 0 Å². The summed E-state index contributed by atoms with van der Waals surface area (Å²) in [5.41, 5.74) is 1.08. The fraction of sp³-hybridized carbons (Fsp3) is 0.389. The SMILES string of the molecule is CC(C)(C)OC(=O)CCCC(=O)Nc1cccc2ncccc12. The van der Waals surface area contributed by atoms with Crippen molar-refractivity contribution in [2.45, 2.75) is 45.6 Å². The zero-order valence-electron chi connectivity index (χ0n) is 13.8. The lowest BCUT2D eigenvalue weighted by Gasteiger charge is -2.19. The molecule has 0 aliphatic carbocycles. The summed E-state index contributed by atoms with van der Waals surface area (Å²) in [6, 6.07) is 9.34. The average Bonchev–Trinajstić information content (AvgIpc) is 2.45. The normalized spacial score (nSPS) is 11.3. The molecule has 1 amide bonds. The maximum atomic E-state index is 12.0. The van der Waals surface area contributed by atoms with E-state index in [1.54, 1.807) is 6.20 Å². The van der Waals surface area contributed by atoms with Gasteiger partial charge in [-0.05, 0) is 51.5 Å². The van der Waals surface area contributed by atoms with E-state index in [0.717, 1.165) is 16.6 Å². The lowest BCUT2D eigenvalue weighted by Crippen LogP contribution is -2.24. The molecule has 2 aromatic rings. The number of aromatic nitrogens is 1.